The molecule has 1 aromatic carbocycles. The first-order chi connectivity index (χ1) is 38.0. The summed E-state index contributed by atoms with van der Waals surface area (Å²) in [4.78, 5) is 122. The van der Waals surface area contributed by atoms with Crippen molar-refractivity contribution in [3.63, 3.8) is 0 Å². The van der Waals surface area contributed by atoms with E-state index in [4.69, 9.17) is 23.9 Å². The predicted molar refractivity (Wildman–Crippen MR) is 286 cm³/mol. The van der Waals surface area contributed by atoms with Gasteiger partial charge in [-0.3, -0.25) is 33.6 Å². The molecule has 4 aromatic rings. The Labute approximate surface area is 462 Å². The minimum atomic E-state index is -3.61. The number of cyclic esters (lactones) is 1. The van der Waals surface area contributed by atoms with Crippen molar-refractivity contribution >= 4 is 62.2 Å². The van der Waals surface area contributed by atoms with Crippen LogP contribution >= 0.6 is 0 Å². The molecule has 3 aliphatic heterocycles. The van der Waals surface area contributed by atoms with Gasteiger partial charge in [-0.1, -0.05) is 27.2 Å². The van der Waals surface area contributed by atoms with Crippen molar-refractivity contribution < 1.29 is 66.0 Å². The number of carbonyl (C=O) groups excluding carboxylic acids is 7. The van der Waals surface area contributed by atoms with Gasteiger partial charge in [0.25, 0.3) is 11.5 Å². The fourth-order valence-electron chi connectivity index (χ4n) is 9.39. The fraction of sp³-hybridized carbons (Fsp3) is 0.528. The number of unbranched alkanes of at least 4 members (excludes halogenated alkanes) is 3. The Bertz CT molecular complexity index is 3210. The fourth-order valence-corrected chi connectivity index (χ4v) is 9.88. The first-order valence-corrected chi connectivity index (χ1v) is 28.2. The van der Waals surface area contributed by atoms with E-state index < -0.39 is 81.7 Å². The van der Waals surface area contributed by atoms with Gasteiger partial charge in [-0.2, -0.15) is 0 Å². The molecule has 0 saturated carbocycles. The smallest absolute Gasteiger partial charge is 0.343 e. The summed E-state index contributed by atoms with van der Waals surface area (Å²) in [5.41, 5.74) is 0.555. The maximum Gasteiger partial charge on any atom is 0.343 e. The number of sulfone groups is 1. The first kappa shape index (κ1) is 60.0. The molecular formula is C53H69N11O15S. The molecule has 0 spiro atoms. The number of likely N-dealkylation sites (N-methyl/N-ethyl adjacent to an activating group) is 1. The van der Waals surface area contributed by atoms with Gasteiger partial charge in [0.1, 0.15) is 32.0 Å². The number of aliphatic hydroxyl groups is 1. The number of ether oxygens (including phenoxy) is 4. The molecular weight excluding hydrogens is 1060 g/mol. The summed E-state index contributed by atoms with van der Waals surface area (Å²) in [6.45, 7) is 4.65. The largest absolute Gasteiger partial charge is 0.458 e. The number of carbonyl (C=O) groups is 7. The van der Waals surface area contributed by atoms with Gasteiger partial charge in [-0.15, -0.1) is 0 Å². The first-order valence-electron chi connectivity index (χ1n) is 26.3. The standard InChI is InChI=1S/C53H69N11O15S/c1-8-53(73)36-19-39-46-34(25-64(39)50(71)35(36)26-77-51(53)72)33(32-18-40-41(79-29-78-40)20-38(32)59-46)24-63(6)44(67)27-76-28-58-43(66)23-55-48(69)37(14-11-13-17-62(4)5)60-49(70)45(30(2)3)61-42(65)15-10-9-12-16-54-47(68)31-21-56-52(57-22-31)80(7,74)75/h18-22,30,37,45,73H,8-17,23-29H2,1-7H3,(H,54,68)(H,55,69)(H,58,66)(H,60,70)(H,61,65)/t37-,45-,53+/m0/s1. The Kier molecular flexibility index (Phi) is 19.6. The summed E-state index contributed by atoms with van der Waals surface area (Å²) in [6, 6.07) is 3.06. The quantitative estimate of drug-likeness (QED) is 0.0181. The van der Waals surface area contributed by atoms with Gasteiger partial charge in [0, 0.05) is 67.8 Å². The summed E-state index contributed by atoms with van der Waals surface area (Å²) in [7, 11) is 1.79. The van der Waals surface area contributed by atoms with Crippen molar-refractivity contribution in [1.82, 2.24) is 55.9 Å². The maximum absolute atomic E-state index is 14.0. The maximum atomic E-state index is 14.0. The highest BCUT2D eigenvalue weighted by Gasteiger charge is 2.46. The summed E-state index contributed by atoms with van der Waals surface area (Å²) in [5, 5.41) is 25.0. The number of esters is 1. The highest BCUT2D eigenvalue weighted by atomic mass is 32.2. The zero-order valence-electron chi connectivity index (χ0n) is 45.9. The molecule has 6 heterocycles. The molecule has 27 heteroatoms. The van der Waals surface area contributed by atoms with Crippen molar-refractivity contribution in [3.8, 4) is 22.9 Å². The number of benzene rings is 1. The van der Waals surface area contributed by atoms with E-state index in [9.17, 15) is 51.9 Å². The summed E-state index contributed by atoms with van der Waals surface area (Å²) < 4.78 is 46.8. The summed E-state index contributed by atoms with van der Waals surface area (Å²) in [5.74, 6) is -3.40. The number of amides is 6. The zero-order chi connectivity index (χ0) is 58.1. The molecule has 0 aliphatic carbocycles. The monoisotopic (exact) mass is 1130 g/mol. The van der Waals surface area contributed by atoms with E-state index in [1.54, 1.807) is 46.0 Å². The molecule has 3 aliphatic rings. The molecule has 3 atom stereocenters. The normalized spacial score (nSPS) is 15.8. The average Bonchev–Trinajstić information content (AvgIpc) is 4.07. The van der Waals surface area contributed by atoms with Crippen LogP contribution in [0.3, 0.4) is 0 Å². The molecule has 0 bridgehead atoms. The number of nitrogens with one attached hydrogen (secondary N) is 5. The SMILES string of the molecule is CC[C@]1(O)C(=O)OCc2c1cc1n(c2=O)Cc2c-1nc1cc3c(cc1c2CN(C)C(=O)COCNC(=O)CNC(=O)[C@H](CCCCN(C)C)NC(=O)[C@@H](NC(=O)CCCCCNC(=O)c1cnc(S(C)(=O)=O)nc1)C(C)C)OCO3. The molecule has 0 unspecified atom stereocenters. The van der Waals surface area contributed by atoms with Crippen molar-refractivity contribution in [2.24, 2.45) is 5.92 Å². The van der Waals surface area contributed by atoms with Gasteiger partial charge in [-0.25, -0.2) is 28.2 Å². The number of nitrogens with zero attached hydrogens (tertiary/aromatic N) is 6. The minimum Gasteiger partial charge on any atom is -0.458 e. The lowest BCUT2D eigenvalue weighted by atomic mass is 9.86. The molecule has 6 N–H and O–H groups in total. The van der Waals surface area contributed by atoms with E-state index in [1.807, 2.05) is 19.0 Å². The van der Waals surface area contributed by atoms with E-state index in [2.05, 4.69) is 36.6 Å². The van der Waals surface area contributed by atoms with Crippen molar-refractivity contribution in [2.75, 3.05) is 67.2 Å². The van der Waals surface area contributed by atoms with Gasteiger partial charge < -0.3 is 65.0 Å². The number of hydrogen-bond acceptors (Lipinski definition) is 19. The van der Waals surface area contributed by atoms with Crippen molar-refractivity contribution in [2.45, 2.75) is 115 Å². The van der Waals surface area contributed by atoms with E-state index in [0.717, 1.165) is 31.6 Å². The van der Waals surface area contributed by atoms with E-state index >= 15 is 0 Å². The number of rotatable bonds is 27. The highest BCUT2D eigenvalue weighted by molar-refractivity contribution is 7.90. The molecule has 7 rings (SSSR count). The van der Waals surface area contributed by atoms with Crippen LogP contribution in [-0.4, -0.2) is 164 Å². The third-order valence-corrected chi connectivity index (χ3v) is 14.9. The second kappa shape index (κ2) is 26.1. The minimum absolute atomic E-state index is 0.000528. The van der Waals surface area contributed by atoms with Gasteiger partial charge >= 0.3 is 5.97 Å². The van der Waals surface area contributed by atoms with Crippen LogP contribution in [0.1, 0.15) is 105 Å². The van der Waals surface area contributed by atoms with Crippen LogP contribution in [0.25, 0.3) is 22.3 Å². The lowest BCUT2D eigenvalue weighted by Gasteiger charge is -2.31. The van der Waals surface area contributed by atoms with Crippen LogP contribution < -0.4 is 41.6 Å². The Morgan fingerprint density at radius 2 is 1.60 bits per heavy atom. The lowest BCUT2D eigenvalue weighted by molar-refractivity contribution is -0.172. The molecule has 26 nitrogen and oxygen atoms in total. The Morgan fingerprint density at radius 1 is 0.875 bits per heavy atom. The number of aromatic nitrogens is 4. The third kappa shape index (κ3) is 14.2. The van der Waals surface area contributed by atoms with Gasteiger partial charge in [0.2, 0.25) is 51.3 Å². The van der Waals surface area contributed by atoms with Crippen LogP contribution in [-0.2, 0) is 73.4 Å². The molecule has 6 amide bonds. The Balaban J connectivity index is 0.888. The topological polar surface area (TPSA) is 338 Å². The van der Waals surface area contributed by atoms with Gasteiger partial charge in [0.05, 0.1) is 41.1 Å². The van der Waals surface area contributed by atoms with E-state index in [1.165, 1.54) is 9.47 Å². The second-order valence-electron chi connectivity index (χ2n) is 20.5. The average molecular weight is 1130 g/mol. The number of fused-ring (bicyclic) bond motifs is 6. The highest BCUT2D eigenvalue weighted by Crippen LogP contribution is 2.43. The van der Waals surface area contributed by atoms with Gasteiger partial charge in [0.15, 0.2) is 17.1 Å². The van der Waals surface area contributed by atoms with E-state index in [0.29, 0.717) is 70.6 Å². The Hall–Kier alpha value is -7.62. The van der Waals surface area contributed by atoms with Gasteiger partial charge in [-0.05, 0) is 82.8 Å². The molecule has 0 fully saturated rings. The third-order valence-electron chi connectivity index (χ3n) is 14.0. The van der Waals surface area contributed by atoms with Crippen LogP contribution in [0.2, 0.25) is 0 Å². The van der Waals surface area contributed by atoms with Crippen molar-refractivity contribution in [3.05, 3.63) is 68.8 Å². The molecule has 432 valence electrons. The van der Waals surface area contributed by atoms with Crippen LogP contribution in [0.15, 0.2) is 40.5 Å². The zero-order valence-corrected chi connectivity index (χ0v) is 46.7. The number of pyridine rings is 2. The number of hydrogen-bond donors (Lipinski definition) is 6. The molecule has 3 aromatic heterocycles. The molecule has 0 radical (unpaired) electrons. The van der Waals surface area contributed by atoms with Crippen LogP contribution in [0.4, 0.5) is 0 Å². The second-order valence-corrected chi connectivity index (χ2v) is 22.5. The summed E-state index contributed by atoms with van der Waals surface area (Å²) >= 11 is 0. The predicted octanol–water partition coefficient (Wildman–Crippen LogP) is 0.515. The van der Waals surface area contributed by atoms with Crippen LogP contribution in [0, 0.1) is 5.92 Å². The summed E-state index contributed by atoms with van der Waals surface area (Å²) in [6.07, 6.45) is 6.38. The van der Waals surface area contributed by atoms with E-state index in [-0.39, 0.29) is 92.7 Å². The molecule has 0 saturated heterocycles. The van der Waals surface area contributed by atoms with Crippen LogP contribution in [0.5, 0.6) is 11.5 Å². The van der Waals surface area contributed by atoms with Crippen molar-refractivity contribution in [1.29, 1.82) is 0 Å². The Morgan fingerprint density at radius 3 is 2.29 bits per heavy atom. The lowest BCUT2D eigenvalue weighted by Crippen LogP contribution is -2.56. The molecule has 80 heavy (non-hydrogen) atoms.